The molecule has 0 aliphatic carbocycles. The Bertz CT molecular complexity index is 509. The molecule has 1 amide bonds. The van der Waals surface area contributed by atoms with Crippen LogP contribution in [-0.4, -0.2) is 33.1 Å². The summed E-state index contributed by atoms with van der Waals surface area (Å²) in [5.41, 5.74) is -0.100. The number of likely N-dealkylation sites (tertiary alicyclic amines) is 1. The van der Waals surface area contributed by atoms with Crippen LogP contribution in [0.15, 0.2) is 6.20 Å². The van der Waals surface area contributed by atoms with Crippen molar-refractivity contribution in [1.82, 2.24) is 14.9 Å². The molecule has 1 aromatic heterocycles. The van der Waals surface area contributed by atoms with Crippen molar-refractivity contribution in [3.8, 4) is 6.07 Å². The number of H-pyrrole nitrogens is 1. The number of hydrogen-bond donors (Lipinski definition) is 1. The molecule has 6 nitrogen and oxygen atoms in total. The summed E-state index contributed by atoms with van der Waals surface area (Å²) in [6.07, 6.45) is 2.90. The maximum Gasteiger partial charge on any atom is 0.410 e. The normalized spacial score (nSPS) is 19.3. The fourth-order valence-corrected chi connectivity index (χ4v) is 2.15. The van der Waals surface area contributed by atoms with Crippen LogP contribution in [0.5, 0.6) is 0 Å². The van der Waals surface area contributed by atoms with Gasteiger partial charge in [-0.2, -0.15) is 5.26 Å². The van der Waals surface area contributed by atoms with Gasteiger partial charge < -0.3 is 9.72 Å². The summed E-state index contributed by atoms with van der Waals surface area (Å²) in [5.74, 6) is 0.653. The summed E-state index contributed by atoms with van der Waals surface area (Å²) in [5, 5.41) is 8.80. The lowest BCUT2D eigenvalue weighted by molar-refractivity contribution is 0.0218. The lowest BCUT2D eigenvalue weighted by Gasteiger charge is -2.27. The molecule has 1 aliphatic rings. The van der Waals surface area contributed by atoms with E-state index in [2.05, 4.69) is 9.97 Å². The van der Waals surface area contributed by atoms with Crippen molar-refractivity contribution in [3.63, 3.8) is 0 Å². The molecule has 1 atom stereocenters. The van der Waals surface area contributed by atoms with Crippen LogP contribution in [0, 0.1) is 11.3 Å². The molecule has 0 bridgehead atoms. The second-order valence-corrected chi connectivity index (χ2v) is 5.63. The number of nitriles is 1. The third-order valence-corrected chi connectivity index (χ3v) is 2.91. The van der Waals surface area contributed by atoms with Gasteiger partial charge in [0.05, 0.1) is 12.2 Å². The highest BCUT2D eigenvalue weighted by molar-refractivity contribution is 5.69. The van der Waals surface area contributed by atoms with Crippen molar-refractivity contribution < 1.29 is 9.53 Å². The van der Waals surface area contributed by atoms with Gasteiger partial charge in [0.25, 0.3) is 0 Å². The second-order valence-electron chi connectivity index (χ2n) is 5.63. The Balaban J connectivity index is 2.13. The quantitative estimate of drug-likeness (QED) is 0.842. The molecule has 0 aromatic carbocycles. The molecule has 2 heterocycles. The molecule has 19 heavy (non-hydrogen) atoms. The summed E-state index contributed by atoms with van der Waals surface area (Å²) >= 11 is 0. The minimum Gasteiger partial charge on any atom is -0.444 e. The molecule has 6 heteroatoms. The lowest BCUT2D eigenvalue weighted by atomic mass is 10.2. The SMILES string of the molecule is CC(C)(C)OC(=O)N1CCCC1c1ncc(C#N)[nH]1. The van der Waals surface area contributed by atoms with Gasteiger partial charge in [0.1, 0.15) is 23.2 Å². The van der Waals surface area contributed by atoms with E-state index in [4.69, 9.17) is 10.00 Å². The van der Waals surface area contributed by atoms with Crippen LogP contribution < -0.4 is 0 Å². The highest BCUT2D eigenvalue weighted by atomic mass is 16.6. The summed E-state index contributed by atoms with van der Waals surface area (Å²) in [4.78, 5) is 20.9. The molecule has 1 aromatic rings. The first kappa shape index (κ1) is 13.4. The van der Waals surface area contributed by atoms with Crippen molar-refractivity contribution in [1.29, 1.82) is 5.26 Å². The summed E-state index contributed by atoms with van der Waals surface area (Å²) in [6.45, 7) is 6.19. The third kappa shape index (κ3) is 3.05. The molecule has 1 saturated heterocycles. The van der Waals surface area contributed by atoms with Crippen molar-refractivity contribution in [2.24, 2.45) is 0 Å². The number of nitrogens with zero attached hydrogens (tertiary/aromatic N) is 3. The number of nitrogens with one attached hydrogen (secondary N) is 1. The van der Waals surface area contributed by atoms with Gasteiger partial charge in [-0.1, -0.05) is 0 Å². The Hall–Kier alpha value is -2.03. The van der Waals surface area contributed by atoms with E-state index < -0.39 is 5.60 Å². The molecule has 102 valence electrons. The lowest BCUT2D eigenvalue weighted by Crippen LogP contribution is -2.36. The van der Waals surface area contributed by atoms with Gasteiger partial charge in [-0.3, -0.25) is 4.90 Å². The van der Waals surface area contributed by atoms with E-state index in [0.717, 1.165) is 12.8 Å². The Morgan fingerprint density at radius 3 is 2.95 bits per heavy atom. The van der Waals surface area contributed by atoms with E-state index in [1.54, 1.807) is 4.90 Å². The van der Waals surface area contributed by atoms with Gasteiger partial charge in [-0.05, 0) is 33.6 Å². The second kappa shape index (κ2) is 4.92. The average Bonchev–Trinajstić information content (AvgIpc) is 2.95. The van der Waals surface area contributed by atoms with Crippen LogP contribution in [0.2, 0.25) is 0 Å². The zero-order valence-electron chi connectivity index (χ0n) is 11.4. The van der Waals surface area contributed by atoms with E-state index in [1.165, 1.54) is 6.20 Å². The Labute approximate surface area is 112 Å². The van der Waals surface area contributed by atoms with Crippen molar-refractivity contribution >= 4 is 6.09 Å². The molecule has 2 rings (SSSR count). The monoisotopic (exact) mass is 262 g/mol. The molecule has 1 aliphatic heterocycles. The molecular weight excluding hydrogens is 244 g/mol. The first-order valence-corrected chi connectivity index (χ1v) is 6.35. The summed E-state index contributed by atoms with van der Waals surface area (Å²) < 4.78 is 5.39. The Morgan fingerprint density at radius 2 is 2.37 bits per heavy atom. The van der Waals surface area contributed by atoms with Crippen LogP contribution in [0.1, 0.15) is 51.2 Å². The number of imidazole rings is 1. The summed E-state index contributed by atoms with van der Waals surface area (Å²) in [6, 6.07) is 1.87. The Morgan fingerprint density at radius 1 is 1.63 bits per heavy atom. The smallest absolute Gasteiger partial charge is 0.410 e. The number of aromatic nitrogens is 2. The maximum absolute atomic E-state index is 12.1. The van der Waals surface area contributed by atoms with Gasteiger partial charge >= 0.3 is 6.09 Å². The molecule has 0 saturated carbocycles. The fourth-order valence-electron chi connectivity index (χ4n) is 2.15. The van der Waals surface area contributed by atoms with E-state index in [0.29, 0.717) is 18.1 Å². The predicted molar refractivity (Wildman–Crippen MR) is 68.2 cm³/mol. The molecule has 1 unspecified atom stereocenters. The number of hydrogen-bond acceptors (Lipinski definition) is 4. The van der Waals surface area contributed by atoms with E-state index >= 15 is 0 Å². The fraction of sp³-hybridized carbons (Fsp3) is 0.615. The average molecular weight is 262 g/mol. The topological polar surface area (TPSA) is 82.0 Å². The Kier molecular flexibility index (Phi) is 3.47. The first-order valence-electron chi connectivity index (χ1n) is 6.35. The number of aromatic amines is 1. The highest BCUT2D eigenvalue weighted by Gasteiger charge is 2.34. The minimum absolute atomic E-state index is 0.128. The molecule has 0 radical (unpaired) electrons. The van der Waals surface area contributed by atoms with Gasteiger partial charge in [-0.25, -0.2) is 9.78 Å². The minimum atomic E-state index is -0.509. The van der Waals surface area contributed by atoms with Crippen LogP contribution >= 0.6 is 0 Å². The van der Waals surface area contributed by atoms with Gasteiger partial charge in [0, 0.05) is 6.54 Å². The number of carbonyl (C=O) groups is 1. The van der Waals surface area contributed by atoms with Crippen molar-refractivity contribution in [3.05, 3.63) is 17.7 Å². The maximum atomic E-state index is 12.1. The highest BCUT2D eigenvalue weighted by Crippen LogP contribution is 2.31. The van der Waals surface area contributed by atoms with E-state index in [1.807, 2.05) is 26.8 Å². The third-order valence-electron chi connectivity index (χ3n) is 2.91. The number of rotatable bonds is 1. The van der Waals surface area contributed by atoms with E-state index in [-0.39, 0.29) is 12.1 Å². The molecule has 1 N–H and O–H groups in total. The number of amides is 1. The molecular formula is C13H18N4O2. The van der Waals surface area contributed by atoms with Gasteiger partial charge in [0.2, 0.25) is 0 Å². The predicted octanol–water partition coefficient (Wildman–Crippen LogP) is 2.35. The number of ether oxygens (including phenoxy) is 1. The molecule has 0 spiro atoms. The molecule has 1 fully saturated rings. The van der Waals surface area contributed by atoms with Crippen LogP contribution in [0.4, 0.5) is 4.79 Å². The summed E-state index contributed by atoms with van der Waals surface area (Å²) in [7, 11) is 0. The van der Waals surface area contributed by atoms with Crippen LogP contribution in [0.25, 0.3) is 0 Å². The van der Waals surface area contributed by atoms with E-state index in [9.17, 15) is 4.79 Å². The zero-order chi connectivity index (χ0) is 14.0. The largest absolute Gasteiger partial charge is 0.444 e. The zero-order valence-corrected chi connectivity index (χ0v) is 11.4. The van der Waals surface area contributed by atoms with Gasteiger partial charge in [-0.15, -0.1) is 0 Å². The standard InChI is InChI=1S/C13H18N4O2/c1-13(2,3)19-12(18)17-6-4-5-10(17)11-15-8-9(7-14)16-11/h8,10H,4-6H2,1-3H3,(H,15,16). The number of carbonyl (C=O) groups excluding carboxylic acids is 1. The van der Waals surface area contributed by atoms with Crippen LogP contribution in [0.3, 0.4) is 0 Å². The van der Waals surface area contributed by atoms with Crippen molar-refractivity contribution in [2.45, 2.75) is 45.3 Å². The van der Waals surface area contributed by atoms with Crippen molar-refractivity contribution in [2.75, 3.05) is 6.54 Å². The van der Waals surface area contributed by atoms with Gasteiger partial charge in [0.15, 0.2) is 0 Å². The first-order chi connectivity index (χ1) is 8.90. The van der Waals surface area contributed by atoms with Crippen LogP contribution in [-0.2, 0) is 4.74 Å².